The molecule has 2 amide bonds. The third-order valence-electron chi connectivity index (χ3n) is 12.4. The van der Waals surface area contributed by atoms with E-state index in [-0.39, 0.29) is 84.2 Å². The van der Waals surface area contributed by atoms with Crippen molar-refractivity contribution >= 4 is 29.3 Å². The van der Waals surface area contributed by atoms with Gasteiger partial charge in [-0.15, -0.1) is 0 Å². The van der Waals surface area contributed by atoms with E-state index in [0.29, 0.717) is 17.6 Å². The zero-order valence-electron chi connectivity index (χ0n) is 36.1. The van der Waals surface area contributed by atoms with E-state index in [9.17, 15) is 49.8 Å². The average Bonchev–Trinajstić information content (AvgIpc) is 3.62. The van der Waals surface area contributed by atoms with Crippen LogP contribution in [0.2, 0.25) is 0 Å². The molecule has 0 saturated carbocycles. The molecule has 21 nitrogen and oxygen atoms in total. The summed E-state index contributed by atoms with van der Waals surface area (Å²) in [4.78, 5) is 59.6. The number of methoxy groups -OCH3 is 1. The molecule has 4 aliphatic heterocycles. The van der Waals surface area contributed by atoms with E-state index in [1.807, 2.05) is 6.08 Å². The molecular formula is C45H54N8O13. The standard InChI is InChI=1S/C45H54N8O13/c1-49-44(48)52-28(10-12-54)35-23(5-3-21-4-6-31(46)51-18-21)13-26-37(39(35)59)40(60)36-27(38(26)58)15-25(64-2)16-29(36)65-43-41(61)42(62)45(63,30(20-55)66-43)17-24(22-9-11-50-32(47)14-22)19-53-33(56)7-8-34(53)57/h4,6-9,13-16,18,24,28,30-31,41-43,50-51,54-55,59,61-63H,3,5,10-12,17,19-20,46-47H2,1-2H3,(H3,48,49,52)/t24-,28+,30-,31?,41-,42-,43-,45-/m1/s1. The maximum atomic E-state index is 14.8. The molecule has 66 heavy (non-hydrogen) atoms. The van der Waals surface area contributed by atoms with Crippen molar-refractivity contribution in [1.29, 1.82) is 0 Å². The monoisotopic (exact) mass is 914 g/mol. The van der Waals surface area contributed by atoms with Gasteiger partial charge in [0.15, 0.2) is 11.7 Å². The average molecular weight is 915 g/mol. The summed E-state index contributed by atoms with van der Waals surface area (Å²) in [5.41, 5.74) is 16.4. The minimum Gasteiger partial charge on any atom is -0.507 e. The summed E-state index contributed by atoms with van der Waals surface area (Å²) in [5, 5.41) is 77.4. The number of hydrogen-bond donors (Lipinski definition) is 12. The Labute approximate surface area is 378 Å². The van der Waals surface area contributed by atoms with E-state index in [0.717, 1.165) is 22.6 Å². The number of amides is 2. The molecule has 0 radical (unpaired) electrons. The summed E-state index contributed by atoms with van der Waals surface area (Å²) < 4.78 is 17.6. The van der Waals surface area contributed by atoms with Gasteiger partial charge in [0.1, 0.15) is 41.2 Å². The van der Waals surface area contributed by atoms with Gasteiger partial charge >= 0.3 is 0 Å². The Bertz CT molecular complexity index is 2460. The Morgan fingerprint density at radius 1 is 1.06 bits per heavy atom. The zero-order chi connectivity index (χ0) is 47.6. The Kier molecular flexibility index (Phi) is 14.0. The number of allylic oxidation sites excluding steroid dienone is 3. The summed E-state index contributed by atoms with van der Waals surface area (Å²) in [5.74, 6) is -4.41. The number of nitrogens with two attached hydrogens (primary N) is 3. The summed E-state index contributed by atoms with van der Waals surface area (Å²) in [6.45, 7) is -1.32. The summed E-state index contributed by atoms with van der Waals surface area (Å²) in [6.07, 6.45) is 2.77. The number of aryl methyl sites for hydroxylation is 1. The predicted molar refractivity (Wildman–Crippen MR) is 235 cm³/mol. The Hall–Kier alpha value is -6.59. The van der Waals surface area contributed by atoms with Gasteiger partial charge in [0, 0.05) is 73.8 Å². The van der Waals surface area contributed by atoms with Gasteiger partial charge in [0.25, 0.3) is 11.8 Å². The third-order valence-corrected chi connectivity index (χ3v) is 12.4. The highest BCUT2D eigenvalue weighted by Crippen LogP contribution is 2.45. The molecule has 1 fully saturated rings. The predicted octanol–water partition coefficient (Wildman–Crippen LogP) is -1.80. The number of carbonyl (C=O) groups is 4. The largest absolute Gasteiger partial charge is 0.507 e. The van der Waals surface area contributed by atoms with E-state index in [1.54, 1.807) is 18.4 Å². The van der Waals surface area contributed by atoms with Crippen LogP contribution in [0.15, 0.2) is 82.8 Å². The number of phenols is 1. The number of rotatable bonds is 16. The normalized spacial score (nSPS) is 25.8. The van der Waals surface area contributed by atoms with Crippen molar-refractivity contribution in [3.05, 3.63) is 111 Å². The first-order valence-corrected chi connectivity index (χ1v) is 21.2. The van der Waals surface area contributed by atoms with Crippen LogP contribution in [0.1, 0.15) is 68.3 Å². The van der Waals surface area contributed by atoms with Crippen LogP contribution in [0, 0.1) is 5.92 Å². The molecule has 4 heterocycles. The smallest absolute Gasteiger partial charge is 0.253 e. The molecule has 21 heteroatoms. The van der Waals surface area contributed by atoms with E-state index in [4.69, 9.17) is 31.4 Å². The number of phenolic OH excluding ortho intramolecular Hbond substituents is 1. The number of aromatic hydroxyl groups is 1. The number of nitrogens with one attached hydrogen (secondary N) is 3. The molecule has 2 aromatic carbocycles. The highest BCUT2D eigenvalue weighted by Gasteiger charge is 2.57. The highest BCUT2D eigenvalue weighted by molar-refractivity contribution is 6.30. The molecular weight excluding hydrogens is 861 g/mol. The number of dihydropyridines is 2. The van der Waals surface area contributed by atoms with Crippen LogP contribution in [0.4, 0.5) is 0 Å². The number of ketones is 2. The number of aliphatic imine (C=N–C) groups is 1. The van der Waals surface area contributed by atoms with Crippen LogP contribution < -0.4 is 42.6 Å². The van der Waals surface area contributed by atoms with Gasteiger partial charge in [0.2, 0.25) is 12.1 Å². The van der Waals surface area contributed by atoms with Crippen LogP contribution >= 0.6 is 0 Å². The number of guanidine groups is 1. The lowest BCUT2D eigenvalue weighted by atomic mass is 9.75. The molecule has 2 aromatic rings. The van der Waals surface area contributed by atoms with Crippen LogP contribution in [0.25, 0.3) is 0 Å². The molecule has 1 unspecified atom stereocenters. The van der Waals surface area contributed by atoms with Gasteiger partial charge in [-0.05, 0) is 66.7 Å². The second-order valence-corrected chi connectivity index (χ2v) is 16.4. The van der Waals surface area contributed by atoms with Crippen molar-refractivity contribution in [3.8, 4) is 17.2 Å². The highest BCUT2D eigenvalue weighted by atomic mass is 16.7. The fourth-order valence-electron chi connectivity index (χ4n) is 8.90. The van der Waals surface area contributed by atoms with E-state index < -0.39 is 89.9 Å². The summed E-state index contributed by atoms with van der Waals surface area (Å²) >= 11 is 0. The lowest BCUT2D eigenvalue weighted by Crippen LogP contribution is -2.68. The fraction of sp³-hybridized carbons (Fsp3) is 0.400. The van der Waals surface area contributed by atoms with Gasteiger partial charge in [-0.3, -0.25) is 29.1 Å². The number of ether oxygens (including phenoxy) is 3. The van der Waals surface area contributed by atoms with Crippen molar-refractivity contribution in [3.63, 3.8) is 0 Å². The number of benzene rings is 2. The Morgan fingerprint density at radius 3 is 2.42 bits per heavy atom. The summed E-state index contributed by atoms with van der Waals surface area (Å²) in [7, 11) is 2.74. The topological polar surface area (TPSA) is 347 Å². The van der Waals surface area contributed by atoms with Gasteiger partial charge in [0.05, 0.1) is 42.9 Å². The van der Waals surface area contributed by atoms with Gasteiger partial charge in [-0.2, -0.15) is 0 Å². The molecule has 0 aromatic heterocycles. The lowest BCUT2D eigenvalue weighted by Gasteiger charge is -2.49. The van der Waals surface area contributed by atoms with Crippen LogP contribution in [0.5, 0.6) is 17.2 Å². The Balaban J connectivity index is 1.24. The minimum atomic E-state index is -2.46. The molecule has 15 N–H and O–H groups in total. The van der Waals surface area contributed by atoms with E-state index in [1.165, 1.54) is 38.4 Å². The lowest BCUT2D eigenvalue weighted by molar-refractivity contribution is -0.316. The molecule has 8 atom stereocenters. The number of hydrogen-bond acceptors (Lipinski definition) is 18. The second kappa shape index (κ2) is 19.5. The first-order valence-electron chi connectivity index (χ1n) is 21.2. The van der Waals surface area contributed by atoms with Crippen molar-refractivity contribution < 1.29 is 64.0 Å². The number of carbonyl (C=O) groups excluding carboxylic acids is 4. The quantitative estimate of drug-likeness (QED) is 0.0429. The van der Waals surface area contributed by atoms with E-state index in [2.05, 4.69) is 20.9 Å². The number of aliphatic hydroxyl groups excluding tert-OH is 4. The number of nitrogens with zero attached hydrogens (tertiary/aromatic N) is 2. The molecule has 1 aliphatic carbocycles. The zero-order valence-corrected chi connectivity index (χ0v) is 36.1. The second-order valence-electron chi connectivity index (χ2n) is 16.4. The molecule has 1 saturated heterocycles. The molecule has 352 valence electrons. The SMILES string of the molecule is CN=C(N)N[C@@H](CCO)c1c(CCC2=CNC(N)C=C2)cc2c(c1O)C(=O)c1c(O[C@@H]3O[C@H](CO)[C@](O)(C[C@H](CN4C(=O)C=CC4=O)C4=CCNC(N)=C4)[C@H](O)[C@H]3O)cc(OC)cc1C2=O. The van der Waals surface area contributed by atoms with Crippen LogP contribution in [0.3, 0.4) is 0 Å². The third kappa shape index (κ3) is 9.14. The number of aliphatic hydroxyl groups is 5. The summed E-state index contributed by atoms with van der Waals surface area (Å²) in [6, 6.07) is 3.14. The van der Waals surface area contributed by atoms with Gasteiger partial charge in [-0.1, -0.05) is 12.2 Å². The van der Waals surface area contributed by atoms with E-state index >= 15 is 0 Å². The Morgan fingerprint density at radius 2 is 1.79 bits per heavy atom. The molecule has 0 bridgehead atoms. The van der Waals surface area contributed by atoms with Crippen LogP contribution in [-0.4, -0.2) is 142 Å². The molecule has 0 spiro atoms. The fourth-order valence-corrected chi connectivity index (χ4v) is 8.90. The van der Waals surface area contributed by atoms with Crippen molar-refractivity contribution in [1.82, 2.24) is 20.9 Å². The number of fused-ring (bicyclic) bond motifs is 2. The first kappa shape index (κ1) is 47.4. The van der Waals surface area contributed by atoms with Crippen molar-refractivity contribution in [2.24, 2.45) is 28.1 Å². The first-order chi connectivity index (χ1) is 31.5. The van der Waals surface area contributed by atoms with Crippen molar-refractivity contribution in [2.75, 3.05) is 40.5 Å². The van der Waals surface area contributed by atoms with Gasteiger partial charge in [-0.25, -0.2) is 0 Å². The molecule has 5 aliphatic rings. The van der Waals surface area contributed by atoms with Crippen LogP contribution in [-0.2, 0) is 20.7 Å². The minimum absolute atomic E-state index is 0.00247. The van der Waals surface area contributed by atoms with Gasteiger partial charge < -0.3 is 78.0 Å². The number of imide groups is 1. The maximum absolute atomic E-state index is 14.8. The van der Waals surface area contributed by atoms with Crippen molar-refractivity contribution in [2.45, 2.75) is 68.1 Å². The maximum Gasteiger partial charge on any atom is 0.253 e. The molecule has 7 rings (SSSR count).